The van der Waals surface area contributed by atoms with Crippen molar-refractivity contribution < 1.29 is 17.9 Å². The van der Waals surface area contributed by atoms with Gasteiger partial charge in [-0.25, -0.2) is 13.1 Å². The van der Waals surface area contributed by atoms with Crippen LogP contribution in [0.15, 0.2) is 30.3 Å². The molecule has 150 valence electrons. The van der Waals surface area contributed by atoms with Crippen molar-refractivity contribution in [1.82, 2.24) is 9.78 Å². The number of aryl methyl sites for hydroxylation is 1. The lowest BCUT2D eigenvalue weighted by Gasteiger charge is -2.09. The smallest absolute Gasteiger partial charge is 0.185 e. The van der Waals surface area contributed by atoms with Crippen LogP contribution in [0.4, 0.5) is 0 Å². The zero-order valence-corrected chi connectivity index (χ0v) is 17.5. The first-order valence-corrected chi connectivity index (χ1v) is 11.4. The van der Waals surface area contributed by atoms with Gasteiger partial charge in [-0.2, -0.15) is 5.10 Å². The van der Waals surface area contributed by atoms with E-state index in [1.807, 2.05) is 6.92 Å². The Morgan fingerprint density at radius 2 is 2.07 bits per heavy atom. The maximum atomic E-state index is 12.4. The lowest BCUT2D eigenvalue weighted by Crippen LogP contribution is -2.12. The molecule has 1 saturated heterocycles. The van der Waals surface area contributed by atoms with Gasteiger partial charge < -0.3 is 4.74 Å². The van der Waals surface area contributed by atoms with Crippen LogP contribution in [0.5, 0.6) is 5.75 Å². The monoisotopic (exact) mass is 422 g/mol. The first-order valence-electron chi connectivity index (χ1n) is 9.21. The van der Waals surface area contributed by atoms with Crippen LogP contribution in [0.2, 0.25) is 5.15 Å². The van der Waals surface area contributed by atoms with Crippen molar-refractivity contribution in [3.63, 3.8) is 0 Å². The van der Waals surface area contributed by atoms with Crippen LogP contribution < -0.4 is 4.74 Å². The summed E-state index contributed by atoms with van der Waals surface area (Å²) in [5.74, 6) is 0.763. The lowest BCUT2D eigenvalue weighted by atomic mass is 10.1. The van der Waals surface area contributed by atoms with E-state index in [2.05, 4.69) is 5.10 Å². The molecule has 1 fully saturated rings. The topological polar surface area (TPSA) is 78.3 Å². The highest BCUT2D eigenvalue weighted by molar-refractivity contribution is 7.91. The predicted octanol–water partition coefficient (Wildman–Crippen LogP) is 3.89. The second-order valence-electron chi connectivity index (χ2n) is 6.86. The summed E-state index contributed by atoms with van der Waals surface area (Å²) in [5.41, 5.74) is 1.83. The Balaban J connectivity index is 1.74. The first kappa shape index (κ1) is 20.6. The summed E-state index contributed by atoms with van der Waals surface area (Å²) < 4.78 is 30.5. The number of benzene rings is 1. The summed E-state index contributed by atoms with van der Waals surface area (Å²) in [6.07, 6.45) is 4.50. The van der Waals surface area contributed by atoms with E-state index < -0.39 is 9.84 Å². The molecule has 3 rings (SSSR count). The van der Waals surface area contributed by atoms with Crippen LogP contribution in [-0.2, 0) is 9.84 Å². The molecule has 0 spiro atoms. The third kappa shape index (κ3) is 4.64. The average Bonchev–Trinajstić information content (AvgIpc) is 3.17. The number of carbonyl (C=O) groups is 1. The largest absolute Gasteiger partial charge is 0.494 e. The Bertz CT molecular complexity index is 994. The molecule has 28 heavy (non-hydrogen) atoms. The van der Waals surface area contributed by atoms with Gasteiger partial charge in [0, 0.05) is 11.1 Å². The molecule has 8 heteroatoms. The van der Waals surface area contributed by atoms with E-state index >= 15 is 0 Å². The molecule has 1 aliphatic heterocycles. The molecule has 0 radical (unpaired) electrons. The van der Waals surface area contributed by atoms with E-state index in [9.17, 15) is 13.2 Å². The summed E-state index contributed by atoms with van der Waals surface area (Å²) in [7, 11) is -3.04. The van der Waals surface area contributed by atoms with Crippen molar-refractivity contribution >= 4 is 33.3 Å². The number of rotatable bonds is 7. The molecule has 0 aliphatic carbocycles. The molecule has 0 bridgehead atoms. The van der Waals surface area contributed by atoms with Crippen molar-refractivity contribution in [1.29, 1.82) is 0 Å². The van der Waals surface area contributed by atoms with Crippen LogP contribution in [0, 0.1) is 6.92 Å². The highest BCUT2D eigenvalue weighted by atomic mass is 35.5. The van der Waals surface area contributed by atoms with Crippen molar-refractivity contribution in [2.24, 2.45) is 0 Å². The van der Waals surface area contributed by atoms with Crippen LogP contribution in [0.3, 0.4) is 0 Å². The number of allylic oxidation sites excluding steroid dienone is 1. The summed E-state index contributed by atoms with van der Waals surface area (Å²) in [6, 6.07) is 6.73. The fourth-order valence-electron chi connectivity index (χ4n) is 3.12. The van der Waals surface area contributed by atoms with Crippen molar-refractivity contribution in [2.75, 3.05) is 18.1 Å². The molecule has 1 aliphatic rings. The van der Waals surface area contributed by atoms with Crippen LogP contribution >= 0.6 is 11.6 Å². The molecule has 1 aromatic heterocycles. The minimum atomic E-state index is -3.04. The average molecular weight is 423 g/mol. The zero-order chi connectivity index (χ0) is 20.3. The van der Waals surface area contributed by atoms with Crippen LogP contribution in [0.1, 0.15) is 47.4 Å². The molecule has 2 aromatic rings. The summed E-state index contributed by atoms with van der Waals surface area (Å²) in [5, 5.41) is 4.74. The number of halogens is 1. The van der Waals surface area contributed by atoms with Gasteiger partial charge in [-0.15, -0.1) is 0 Å². The molecule has 6 nitrogen and oxygen atoms in total. The second-order valence-corrected chi connectivity index (χ2v) is 9.45. The maximum Gasteiger partial charge on any atom is 0.185 e. The Morgan fingerprint density at radius 1 is 1.36 bits per heavy atom. The predicted molar refractivity (Wildman–Crippen MR) is 110 cm³/mol. The minimum Gasteiger partial charge on any atom is -0.494 e. The van der Waals surface area contributed by atoms with E-state index in [1.165, 1.54) is 6.08 Å². The van der Waals surface area contributed by atoms with Crippen LogP contribution in [-0.4, -0.2) is 42.1 Å². The zero-order valence-electron chi connectivity index (χ0n) is 15.9. The molecule has 0 N–H and O–H groups in total. The standard InChI is InChI=1S/C20H23ClN2O4S/c1-3-11-27-17-6-4-15(5-7-17)19(24)9-8-18-14(2)22-23(20(18)21)16-10-12-28(25,26)13-16/h4-9,16H,3,10-13H2,1-2H3/b9-8+/t16-/m0/s1. The maximum absolute atomic E-state index is 12.4. The number of aromatic nitrogens is 2. The second kappa shape index (κ2) is 8.49. The summed E-state index contributed by atoms with van der Waals surface area (Å²) >= 11 is 6.43. The number of nitrogens with zero attached hydrogens (tertiary/aromatic N) is 2. The third-order valence-electron chi connectivity index (χ3n) is 4.64. The van der Waals surface area contributed by atoms with E-state index in [1.54, 1.807) is 41.9 Å². The minimum absolute atomic E-state index is 0.0440. The molecular formula is C20H23ClN2O4S. The van der Waals surface area contributed by atoms with Crippen molar-refractivity contribution in [3.8, 4) is 5.75 Å². The van der Waals surface area contributed by atoms with Gasteiger partial charge in [0.25, 0.3) is 0 Å². The van der Waals surface area contributed by atoms with Gasteiger partial charge in [-0.1, -0.05) is 18.5 Å². The van der Waals surface area contributed by atoms with Gasteiger partial charge in [0.15, 0.2) is 15.6 Å². The number of ketones is 1. The Morgan fingerprint density at radius 3 is 2.68 bits per heavy atom. The van der Waals surface area contributed by atoms with E-state index in [-0.39, 0.29) is 23.3 Å². The van der Waals surface area contributed by atoms with Crippen LogP contribution in [0.25, 0.3) is 6.08 Å². The lowest BCUT2D eigenvalue weighted by molar-refractivity contribution is 0.104. The van der Waals surface area contributed by atoms with Gasteiger partial charge in [0.2, 0.25) is 0 Å². The molecule has 0 unspecified atom stereocenters. The molecule has 2 heterocycles. The molecular weight excluding hydrogens is 400 g/mol. The first-order chi connectivity index (χ1) is 13.3. The highest BCUT2D eigenvalue weighted by Gasteiger charge is 2.31. The van der Waals surface area contributed by atoms with Gasteiger partial charge >= 0.3 is 0 Å². The number of carbonyl (C=O) groups excluding carboxylic acids is 1. The Labute approximate surface area is 170 Å². The number of sulfone groups is 1. The number of hydrogen-bond acceptors (Lipinski definition) is 5. The van der Waals surface area contributed by atoms with Gasteiger partial charge in [-0.05, 0) is 56.2 Å². The summed E-state index contributed by atoms with van der Waals surface area (Å²) in [4.78, 5) is 12.4. The van der Waals surface area contributed by atoms with Crippen molar-refractivity contribution in [2.45, 2.75) is 32.7 Å². The quantitative estimate of drug-likeness (QED) is 0.499. The normalized spacial score (nSPS) is 18.6. The molecule has 0 saturated carbocycles. The fourth-order valence-corrected chi connectivity index (χ4v) is 5.19. The molecule has 1 aromatic carbocycles. The molecule has 1 atom stereocenters. The van der Waals surface area contributed by atoms with E-state index in [4.69, 9.17) is 16.3 Å². The van der Waals surface area contributed by atoms with E-state index in [0.717, 1.165) is 12.2 Å². The Hall–Kier alpha value is -2.12. The number of hydrogen-bond donors (Lipinski definition) is 0. The van der Waals surface area contributed by atoms with Crippen molar-refractivity contribution in [3.05, 3.63) is 52.3 Å². The highest BCUT2D eigenvalue weighted by Crippen LogP contribution is 2.30. The Kier molecular flexibility index (Phi) is 6.25. The van der Waals surface area contributed by atoms with Gasteiger partial charge in [0.1, 0.15) is 10.9 Å². The summed E-state index contributed by atoms with van der Waals surface area (Å²) in [6.45, 7) is 4.46. The van der Waals surface area contributed by atoms with Gasteiger partial charge in [-0.3, -0.25) is 4.79 Å². The SMILES string of the molecule is CCCOc1ccc(C(=O)/C=C/c2c(C)nn([C@H]3CCS(=O)(=O)C3)c2Cl)cc1. The van der Waals surface area contributed by atoms with E-state index in [0.29, 0.717) is 35.0 Å². The number of ether oxygens (including phenoxy) is 1. The third-order valence-corrected chi connectivity index (χ3v) is 6.77. The fraction of sp³-hybridized carbons (Fsp3) is 0.400. The molecule has 0 amide bonds. The van der Waals surface area contributed by atoms with Gasteiger partial charge in [0.05, 0.1) is 29.8 Å².